The van der Waals surface area contributed by atoms with E-state index in [0.29, 0.717) is 5.92 Å². The lowest BCUT2D eigenvalue weighted by atomic mass is 9.75. The van der Waals surface area contributed by atoms with Gasteiger partial charge in [0.1, 0.15) is 5.60 Å². The van der Waals surface area contributed by atoms with Crippen LogP contribution in [0.15, 0.2) is 12.3 Å². The van der Waals surface area contributed by atoms with Crippen LogP contribution < -0.4 is 0 Å². The maximum atomic E-state index is 6.29. The molecule has 0 amide bonds. The minimum Gasteiger partial charge on any atom is -0.492 e. The Morgan fingerprint density at radius 1 is 1.35 bits per heavy atom. The average Bonchev–Trinajstić information content (AvgIpc) is 2.90. The summed E-state index contributed by atoms with van der Waals surface area (Å²) in [7, 11) is 0. The lowest BCUT2D eigenvalue weighted by Crippen LogP contribution is -2.40. The Morgan fingerprint density at radius 3 is 2.47 bits per heavy atom. The fraction of sp³-hybridized carbons (Fsp3) is 0.875. The fourth-order valence-electron chi connectivity index (χ4n) is 3.82. The molecule has 2 bridgehead atoms. The van der Waals surface area contributed by atoms with Crippen LogP contribution in [0.1, 0.15) is 59.8 Å². The summed E-state index contributed by atoms with van der Waals surface area (Å²) in [5, 5.41) is 0. The van der Waals surface area contributed by atoms with Gasteiger partial charge < -0.3 is 4.74 Å². The second kappa shape index (κ2) is 4.66. The van der Waals surface area contributed by atoms with Crippen molar-refractivity contribution in [2.24, 2.45) is 23.7 Å². The molecule has 4 atom stereocenters. The number of allylic oxidation sites excluding steroid dienone is 1. The van der Waals surface area contributed by atoms with E-state index in [1.54, 1.807) is 0 Å². The van der Waals surface area contributed by atoms with Crippen LogP contribution in [0.5, 0.6) is 0 Å². The number of ether oxygens (including phenoxy) is 1. The second-order valence-corrected chi connectivity index (χ2v) is 6.67. The van der Waals surface area contributed by atoms with Gasteiger partial charge in [-0.15, -0.1) is 0 Å². The van der Waals surface area contributed by atoms with Crippen LogP contribution >= 0.6 is 0 Å². The van der Waals surface area contributed by atoms with Crippen molar-refractivity contribution in [1.82, 2.24) is 0 Å². The summed E-state index contributed by atoms with van der Waals surface area (Å²) in [6, 6.07) is 0. The SMILES string of the molecule is C=C(OC(C)(CC)C1CC2CCC1C2)C(C)C. The summed E-state index contributed by atoms with van der Waals surface area (Å²) in [4.78, 5) is 0. The van der Waals surface area contributed by atoms with Gasteiger partial charge >= 0.3 is 0 Å². The molecule has 1 nitrogen and oxygen atoms in total. The van der Waals surface area contributed by atoms with E-state index in [1.165, 1.54) is 25.7 Å². The van der Waals surface area contributed by atoms with E-state index < -0.39 is 0 Å². The highest BCUT2D eigenvalue weighted by atomic mass is 16.5. The van der Waals surface area contributed by atoms with Crippen molar-refractivity contribution >= 4 is 0 Å². The van der Waals surface area contributed by atoms with E-state index in [4.69, 9.17) is 4.74 Å². The molecule has 0 aromatic carbocycles. The Bertz CT molecular complexity index is 294. The van der Waals surface area contributed by atoms with Crippen LogP contribution in [-0.2, 0) is 4.74 Å². The minimum absolute atomic E-state index is 0.0290. The third-order valence-corrected chi connectivity index (χ3v) is 5.23. The van der Waals surface area contributed by atoms with Gasteiger partial charge in [-0.3, -0.25) is 0 Å². The molecule has 0 aromatic heterocycles. The molecular weight excluding hydrogens is 208 g/mol. The van der Waals surface area contributed by atoms with E-state index in [2.05, 4.69) is 34.3 Å². The van der Waals surface area contributed by atoms with Gasteiger partial charge in [-0.2, -0.15) is 0 Å². The van der Waals surface area contributed by atoms with Crippen molar-refractivity contribution in [2.75, 3.05) is 0 Å². The Labute approximate surface area is 107 Å². The van der Waals surface area contributed by atoms with Gasteiger partial charge in [-0.05, 0) is 44.4 Å². The standard InChI is InChI=1S/C16H28O/c1-6-16(5,17-12(4)11(2)3)15-10-13-7-8-14(15)9-13/h11,13-15H,4,6-10H2,1-3,5H3. The third-order valence-electron chi connectivity index (χ3n) is 5.23. The van der Waals surface area contributed by atoms with Crippen LogP contribution in [0.4, 0.5) is 0 Å². The number of rotatable bonds is 5. The number of hydrogen-bond donors (Lipinski definition) is 0. The largest absolute Gasteiger partial charge is 0.492 e. The maximum Gasteiger partial charge on any atom is 0.109 e. The van der Waals surface area contributed by atoms with Gasteiger partial charge in [0.15, 0.2) is 0 Å². The zero-order valence-electron chi connectivity index (χ0n) is 12.0. The summed E-state index contributed by atoms with van der Waals surface area (Å²) < 4.78 is 6.29. The van der Waals surface area contributed by atoms with Crippen molar-refractivity contribution in [1.29, 1.82) is 0 Å². The highest BCUT2D eigenvalue weighted by Crippen LogP contribution is 2.54. The monoisotopic (exact) mass is 236 g/mol. The topological polar surface area (TPSA) is 9.23 Å². The normalized spacial score (nSPS) is 35.0. The molecule has 2 fully saturated rings. The molecule has 2 aliphatic rings. The molecule has 2 saturated carbocycles. The van der Waals surface area contributed by atoms with E-state index in [9.17, 15) is 0 Å². The Kier molecular flexibility index (Phi) is 3.56. The number of hydrogen-bond acceptors (Lipinski definition) is 1. The average molecular weight is 236 g/mol. The smallest absolute Gasteiger partial charge is 0.109 e. The summed E-state index contributed by atoms with van der Waals surface area (Å²) in [5.74, 6) is 4.08. The minimum atomic E-state index is 0.0290. The molecule has 2 rings (SSSR count). The number of fused-ring (bicyclic) bond motifs is 2. The van der Waals surface area contributed by atoms with E-state index in [1.807, 2.05) is 0 Å². The van der Waals surface area contributed by atoms with E-state index >= 15 is 0 Å². The second-order valence-electron chi connectivity index (χ2n) is 6.67. The van der Waals surface area contributed by atoms with Crippen molar-refractivity contribution < 1.29 is 4.74 Å². The molecule has 98 valence electrons. The molecule has 0 aromatic rings. The predicted molar refractivity (Wildman–Crippen MR) is 72.7 cm³/mol. The molecule has 0 N–H and O–H groups in total. The first kappa shape index (κ1) is 13.0. The highest BCUT2D eigenvalue weighted by molar-refractivity contribution is 5.01. The first-order chi connectivity index (χ1) is 7.96. The van der Waals surface area contributed by atoms with Gasteiger partial charge in [0, 0.05) is 11.8 Å². The lowest BCUT2D eigenvalue weighted by molar-refractivity contribution is -0.0621. The van der Waals surface area contributed by atoms with E-state index in [0.717, 1.165) is 29.9 Å². The van der Waals surface area contributed by atoms with Crippen LogP contribution in [0.25, 0.3) is 0 Å². The molecule has 0 spiro atoms. The summed E-state index contributed by atoms with van der Waals surface area (Å²) in [5.41, 5.74) is 0.0290. The van der Waals surface area contributed by atoms with Gasteiger partial charge in [0.05, 0.1) is 5.76 Å². The summed E-state index contributed by atoms with van der Waals surface area (Å²) in [6.45, 7) is 13.0. The molecule has 17 heavy (non-hydrogen) atoms. The first-order valence-corrected chi connectivity index (χ1v) is 7.34. The predicted octanol–water partition coefficient (Wildman–Crippen LogP) is 4.78. The third kappa shape index (κ3) is 2.39. The highest BCUT2D eigenvalue weighted by Gasteiger charge is 2.49. The molecule has 2 aliphatic carbocycles. The Hall–Kier alpha value is -0.460. The van der Waals surface area contributed by atoms with Crippen molar-refractivity contribution in [3.63, 3.8) is 0 Å². The molecule has 0 heterocycles. The molecular formula is C16H28O. The summed E-state index contributed by atoms with van der Waals surface area (Å²) >= 11 is 0. The first-order valence-electron chi connectivity index (χ1n) is 7.34. The molecule has 4 unspecified atom stereocenters. The van der Waals surface area contributed by atoms with Gasteiger partial charge in [-0.1, -0.05) is 33.8 Å². The van der Waals surface area contributed by atoms with Crippen molar-refractivity contribution in [2.45, 2.75) is 65.4 Å². The Morgan fingerprint density at radius 2 is 2.06 bits per heavy atom. The molecule has 1 heteroatoms. The fourth-order valence-corrected chi connectivity index (χ4v) is 3.82. The Balaban J connectivity index is 2.06. The van der Waals surface area contributed by atoms with Gasteiger partial charge in [0.25, 0.3) is 0 Å². The summed E-state index contributed by atoms with van der Waals surface area (Å²) in [6.07, 6.45) is 6.85. The van der Waals surface area contributed by atoms with Crippen molar-refractivity contribution in [3.8, 4) is 0 Å². The zero-order chi connectivity index (χ0) is 12.6. The zero-order valence-corrected chi connectivity index (χ0v) is 12.0. The van der Waals surface area contributed by atoms with Crippen LogP contribution in [-0.4, -0.2) is 5.60 Å². The lowest BCUT2D eigenvalue weighted by Gasteiger charge is -2.41. The van der Waals surface area contributed by atoms with Crippen LogP contribution in [0, 0.1) is 23.7 Å². The molecule has 0 radical (unpaired) electrons. The maximum absolute atomic E-state index is 6.29. The van der Waals surface area contributed by atoms with Gasteiger partial charge in [-0.25, -0.2) is 0 Å². The quantitative estimate of drug-likeness (QED) is 0.624. The molecule has 0 saturated heterocycles. The van der Waals surface area contributed by atoms with Crippen LogP contribution in [0.2, 0.25) is 0 Å². The molecule has 0 aliphatic heterocycles. The van der Waals surface area contributed by atoms with Crippen molar-refractivity contribution in [3.05, 3.63) is 12.3 Å². The van der Waals surface area contributed by atoms with E-state index in [-0.39, 0.29) is 5.60 Å². The van der Waals surface area contributed by atoms with Gasteiger partial charge in [0.2, 0.25) is 0 Å². The van der Waals surface area contributed by atoms with Crippen LogP contribution in [0.3, 0.4) is 0 Å².